The Hall–Kier alpha value is -1.83. The molecule has 0 saturated heterocycles. The van der Waals surface area contributed by atoms with Gasteiger partial charge in [0.2, 0.25) is 11.0 Å². The second-order valence-electron chi connectivity index (χ2n) is 3.72. The van der Waals surface area contributed by atoms with Crippen LogP contribution in [-0.2, 0) is 16.4 Å². The fraction of sp³-hybridized carbons (Fsp3) is 0.400. The van der Waals surface area contributed by atoms with Gasteiger partial charge in [-0.1, -0.05) is 12.0 Å². The van der Waals surface area contributed by atoms with Gasteiger partial charge in [0.15, 0.2) is 0 Å². The molecule has 18 heavy (non-hydrogen) atoms. The molecule has 0 aliphatic carbocycles. The summed E-state index contributed by atoms with van der Waals surface area (Å²) in [6.45, 7) is 3.62. The van der Waals surface area contributed by atoms with E-state index < -0.39 is 10.0 Å². The van der Waals surface area contributed by atoms with Gasteiger partial charge >= 0.3 is 6.01 Å². The van der Waals surface area contributed by atoms with E-state index in [0.717, 1.165) is 6.42 Å². The Balaban J connectivity index is 2.17. The summed E-state index contributed by atoms with van der Waals surface area (Å²) in [7, 11) is -3.81. The fourth-order valence-electron chi connectivity index (χ4n) is 1.33. The smallest absolute Gasteiger partial charge is 0.329 e. The molecule has 0 saturated carbocycles. The molecule has 0 atom stereocenters. The zero-order valence-corrected chi connectivity index (χ0v) is 10.8. The highest BCUT2D eigenvalue weighted by atomic mass is 32.2. The SMILES string of the molecule is CCCc1nnc(NS(=O)(=O)c2ccc(C)o2)o1. The number of nitrogens with zero attached hydrogens (tertiary/aromatic N) is 2. The average molecular weight is 271 g/mol. The summed E-state index contributed by atoms with van der Waals surface area (Å²) in [6, 6.07) is 2.76. The third-order valence-electron chi connectivity index (χ3n) is 2.13. The Morgan fingerprint density at radius 1 is 1.28 bits per heavy atom. The van der Waals surface area contributed by atoms with Gasteiger partial charge in [-0.25, -0.2) is 4.72 Å². The first-order valence-electron chi connectivity index (χ1n) is 5.43. The molecule has 7 nitrogen and oxygen atoms in total. The number of aryl methyl sites for hydroxylation is 2. The fourth-order valence-corrected chi connectivity index (χ4v) is 2.23. The lowest BCUT2D eigenvalue weighted by Gasteiger charge is -1.99. The van der Waals surface area contributed by atoms with Gasteiger partial charge in [-0.05, 0) is 25.5 Å². The van der Waals surface area contributed by atoms with Crippen molar-refractivity contribution >= 4 is 16.0 Å². The molecule has 0 amide bonds. The topological polar surface area (TPSA) is 98.2 Å². The highest BCUT2D eigenvalue weighted by Gasteiger charge is 2.21. The summed E-state index contributed by atoms with van der Waals surface area (Å²) in [5.41, 5.74) is 0. The van der Waals surface area contributed by atoms with Crippen molar-refractivity contribution in [3.8, 4) is 0 Å². The number of sulfonamides is 1. The van der Waals surface area contributed by atoms with Crippen molar-refractivity contribution in [2.75, 3.05) is 4.72 Å². The van der Waals surface area contributed by atoms with Gasteiger partial charge in [0.05, 0.1) is 0 Å². The molecule has 0 fully saturated rings. The molecule has 98 valence electrons. The molecule has 0 aliphatic heterocycles. The monoisotopic (exact) mass is 271 g/mol. The van der Waals surface area contributed by atoms with Gasteiger partial charge in [-0.15, -0.1) is 5.10 Å². The quantitative estimate of drug-likeness (QED) is 0.889. The normalized spacial score (nSPS) is 11.7. The number of nitrogens with one attached hydrogen (secondary N) is 1. The Labute approximate surface area is 104 Å². The van der Waals surface area contributed by atoms with Crippen molar-refractivity contribution in [1.29, 1.82) is 0 Å². The number of rotatable bonds is 5. The zero-order valence-electron chi connectivity index (χ0n) is 10.0. The lowest BCUT2D eigenvalue weighted by Crippen LogP contribution is -2.12. The van der Waals surface area contributed by atoms with Crippen LogP contribution in [0, 0.1) is 6.92 Å². The summed E-state index contributed by atoms with van der Waals surface area (Å²) in [6.07, 6.45) is 1.44. The first kappa shape index (κ1) is 12.6. The molecule has 8 heteroatoms. The third-order valence-corrected chi connectivity index (χ3v) is 3.33. The number of furan rings is 1. The highest BCUT2D eigenvalue weighted by molar-refractivity contribution is 7.92. The van der Waals surface area contributed by atoms with E-state index >= 15 is 0 Å². The minimum absolute atomic E-state index is 0.160. The van der Waals surface area contributed by atoms with Crippen molar-refractivity contribution in [1.82, 2.24) is 10.2 Å². The summed E-state index contributed by atoms with van der Waals surface area (Å²) < 4.78 is 36.0. The van der Waals surface area contributed by atoms with Crippen LogP contribution in [-0.4, -0.2) is 18.6 Å². The van der Waals surface area contributed by atoms with Gasteiger partial charge < -0.3 is 8.83 Å². The van der Waals surface area contributed by atoms with Gasteiger partial charge in [-0.3, -0.25) is 0 Å². The largest absolute Gasteiger partial charge is 0.448 e. The average Bonchev–Trinajstić information content (AvgIpc) is 2.88. The van der Waals surface area contributed by atoms with E-state index in [9.17, 15) is 8.42 Å². The molecule has 0 spiro atoms. The lowest BCUT2D eigenvalue weighted by molar-refractivity contribution is 0.429. The molecule has 2 rings (SSSR count). The molecule has 0 bridgehead atoms. The number of anilines is 1. The van der Waals surface area contributed by atoms with Crippen LogP contribution in [0.1, 0.15) is 25.0 Å². The van der Waals surface area contributed by atoms with Crippen LogP contribution in [0.2, 0.25) is 0 Å². The van der Waals surface area contributed by atoms with E-state index in [1.807, 2.05) is 6.92 Å². The zero-order chi connectivity index (χ0) is 13.2. The maximum Gasteiger partial charge on any atom is 0.329 e. The van der Waals surface area contributed by atoms with Crippen LogP contribution in [0.5, 0.6) is 0 Å². The van der Waals surface area contributed by atoms with Gasteiger partial charge in [0.25, 0.3) is 10.0 Å². The molecule has 0 aliphatic rings. The first-order valence-corrected chi connectivity index (χ1v) is 6.91. The Morgan fingerprint density at radius 2 is 2.06 bits per heavy atom. The van der Waals surface area contributed by atoms with Crippen molar-refractivity contribution in [3.63, 3.8) is 0 Å². The van der Waals surface area contributed by atoms with Crippen molar-refractivity contribution < 1.29 is 17.3 Å². The van der Waals surface area contributed by atoms with E-state index in [0.29, 0.717) is 18.1 Å². The Bertz CT molecular complexity index is 629. The van der Waals surface area contributed by atoms with Crippen LogP contribution < -0.4 is 4.72 Å². The van der Waals surface area contributed by atoms with Crippen LogP contribution in [0.4, 0.5) is 6.01 Å². The standard InChI is InChI=1S/C10H13N3O4S/c1-3-4-8-11-12-10(17-8)13-18(14,15)9-6-5-7(2)16-9/h5-6H,3-4H2,1-2H3,(H,12,13). The summed E-state index contributed by atoms with van der Waals surface area (Å²) >= 11 is 0. The van der Waals surface area contributed by atoms with Gasteiger partial charge in [0, 0.05) is 6.42 Å². The Morgan fingerprint density at radius 3 is 2.67 bits per heavy atom. The number of hydrogen-bond donors (Lipinski definition) is 1. The predicted molar refractivity (Wildman–Crippen MR) is 62.5 cm³/mol. The maximum atomic E-state index is 11.8. The van der Waals surface area contributed by atoms with E-state index in [-0.39, 0.29) is 11.1 Å². The van der Waals surface area contributed by atoms with E-state index in [1.165, 1.54) is 6.07 Å². The van der Waals surface area contributed by atoms with Crippen LogP contribution in [0.25, 0.3) is 0 Å². The van der Waals surface area contributed by atoms with Crippen molar-refractivity contribution in [2.45, 2.75) is 31.8 Å². The molecule has 0 unspecified atom stereocenters. The van der Waals surface area contributed by atoms with Crippen molar-refractivity contribution in [2.24, 2.45) is 0 Å². The molecule has 0 aromatic carbocycles. The first-order chi connectivity index (χ1) is 8.51. The molecule has 2 aromatic heterocycles. The van der Waals surface area contributed by atoms with Crippen LogP contribution >= 0.6 is 0 Å². The van der Waals surface area contributed by atoms with Crippen molar-refractivity contribution in [3.05, 3.63) is 23.8 Å². The predicted octanol–water partition coefficient (Wildman–Crippen LogP) is 1.72. The van der Waals surface area contributed by atoms with E-state index in [4.69, 9.17) is 8.83 Å². The number of hydrogen-bond acceptors (Lipinski definition) is 6. The second-order valence-corrected chi connectivity index (χ2v) is 5.33. The molecular weight excluding hydrogens is 258 g/mol. The number of aromatic nitrogens is 2. The second kappa shape index (κ2) is 4.81. The third kappa shape index (κ3) is 2.70. The van der Waals surface area contributed by atoms with E-state index in [2.05, 4.69) is 14.9 Å². The summed E-state index contributed by atoms with van der Waals surface area (Å²) in [5.74, 6) is 0.901. The molecule has 1 N–H and O–H groups in total. The van der Waals surface area contributed by atoms with Crippen LogP contribution in [0.3, 0.4) is 0 Å². The molecule has 0 radical (unpaired) electrons. The minimum Gasteiger partial charge on any atom is -0.448 e. The molecule has 2 heterocycles. The molecule has 2 aromatic rings. The van der Waals surface area contributed by atoms with Crippen LogP contribution in [0.15, 0.2) is 26.1 Å². The van der Waals surface area contributed by atoms with E-state index in [1.54, 1.807) is 13.0 Å². The molecular formula is C10H13N3O4S. The van der Waals surface area contributed by atoms with Gasteiger partial charge in [-0.2, -0.15) is 8.42 Å². The summed E-state index contributed by atoms with van der Waals surface area (Å²) in [4.78, 5) is 0. The van der Waals surface area contributed by atoms with Gasteiger partial charge in [0.1, 0.15) is 5.76 Å². The minimum atomic E-state index is -3.81. The summed E-state index contributed by atoms with van der Waals surface area (Å²) in [5, 5.41) is 7.13. The lowest BCUT2D eigenvalue weighted by atomic mass is 10.3. The highest BCUT2D eigenvalue weighted by Crippen LogP contribution is 2.17. The Kier molecular flexibility index (Phi) is 3.37. The maximum absolute atomic E-state index is 11.8.